The standard InChI is InChI=1S/C9H9NO3/c11-8-3-7(5-1-2-5)10-4-6(8)9(12)13/h3-5H,1-2H2,(H,10,11)(H,12,13). The SMILES string of the molecule is O=C(O)c1c[nH]c(C2CC2)cc1=O. The minimum Gasteiger partial charge on any atom is -0.477 e. The highest BCUT2D eigenvalue weighted by Crippen LogP contribution is 2.38. The van der Waals surface area contributed by atoms with Crippen LogP contribution in [0.5, 0.6) is 0 Å². The normalized spacial score (nSPS) is 15.7. The van der Waals surface area contributed by atoms with Crippen LogP contribution in [-0.2, 0) is 0 Å². The molecule has 2 N–H and O–H groups in total. The van der Waals surface area contributed by atoms with Gasteiger partial charge in [-0.2, -0.15) is 0 Å². The van der Waals surface area contributed by atoms with Crippen molar-refractivity contribution in [3.05, 3.63) is 33.7 Å². The summed E-state index contributed by atoms with van der Waals surface area (Å²) in [4.78, 5) is 24.6. The van der Waals surface area contributed by atoms with Gasteiger partial charge in [0.25, 0.3) is 0 Å². The summed E-state index contributed by atoms with van der Waals surface area (Å²) in [6.45, 7) is 0. The number of pyridine rings is 1. The predicted octanol–water partition coefficient (Wildman–Crippen LogP) is 0.950. The summed E-state index contributed by atoms with van der Waals surface area (Å²) < 4.78 is 0. The number of aromatic nitrogens is 1. The highest BCUT2D eigenvalue weighted by molar-refractivity contribution is 5.86. The summed E-state index contributed by atoms with van der Waals surface area (Å²) in [7, 11) is 0. The molecule has 0 atom stereocenters. The highest BCUT2D eigenvalue weighted by Gasteiger charge is 2.25. The molecular formula is C9H9NO3. The van der Waals surface area contributed by atoms with Crippen LogP contribution in [0.3, 0.4) is 0 Å². The van der Waals surface area contributed by atoms with E-state index in [1.807, 2.05) is 0 Å². The lowest BCUT2D eigenvalue weighted by Gasteiger charge is -1.98. The predicted molar refractivity (Wildman–Crippen MR) is 46.0 cm³/mol. The molecule has 68 valence electrons. The lowest BCUT2D eigenvalue weighted by molar-refractivity contribution is 0.0695. The molecule has 0 bridgehead atoms. The van der Waals surface area contributed by atoms with E-state index in [9.17, 15) is 9.59 Å². The van der Waals surface area contributed by atoms with Gasteiger partial charge in [0.2, 0.25) is 0 Å². The van der Waals surface area contributed by atoms with E-state index in [1.165, 1.54) is 12.3 Å². The van der Waals surface area contributed by atoms with Gasteiger partial charge in [-0.25, -0.2) is 4.79 Å². The van der Waals surface area contributed by atoms with Crippen LogP contribution in [0, 0.1) is 0 Å². The number of hydrogen-bond donors (Lipinski definition) is 2. The van der Waals surface area contributed by atoms with Gasteiger partial charge in [0.1, 0.15) is 5.56 Å². The van der Waals surface area contributed by atoms with Gasteiger partial charge in [-0.3, -0.25) is 4.79 Å². The molecule has 1 saturated carbocycles. The third kappa shape index (κ3) is 1.47. The number of nitrogens with one attached hydrogen (secondary N) is 1. The van der Waals surface area contributed by atoms with E-state index in [-0.39, 0.29) is 5.56 Å². The molecule has 0 radical (unpaired) electrons. The van der Waals surface area contributed by atoms with Crippen LogP contribution in [0.4, 0.5) is 0 Å². The van der Waals surface area contributed by atoms with Gasteiger partial charge < -0.3 is 10.1 Å². The zero-order valence-electron chi connectivity index (χ0n) is 6.91. The van der Waals surface area contributed by atoms with Gasteiger partial charge in [0.05, 0.1) is 0 Å². The molecule has 0 aliphatic heterocycles. The van der Waals surface area contributed by atoms with Crippen LogP contribution in [0.15, 0.2) is 17.1 Å². The molecule has 1 aliphatic carbocycles. The van der Waals surface area contributed by atoms with Crippen molar-refractivity contribution in [3.63, 3.8) is 0 Å². The molecule has 1 aromatic rings. The van der Waals surface area contributed by atoms with E-state index in [1.54, 1.807) is 0 Å². The number of rotatable bonds is 2. The Balaban J connectivity index is 2.42. The number of aromatic amines is 1. The summed E-state index contributed by atoms with van der Waals surface area (Å²) in [6.07, 6.45) is 3.45. The lowest BCUT2D eigenvalue weighted by Crippen LogP contribution is -2.15. The Morgan fingerprint density at radius 1 is 1.54 bits per heavy atom. The molecule has 4 nitrogen and oxygen atoms in total. The van der Waals surface area contributed by atoms with Gasteiger partial charge >= 0.3 is 5.97 Å². The Bertz CT molecular complexity index is 404. The van der Waals surface area contributed by atoms with Crippen LogP contribution in [0.1, 0.15) is 34.8 Å². The van der Waals surface area contributed by atoms with E-state index in [0.29, 0.717) is 5.92 Å². The third-order valence-electron chi connectivity index (χ3n) is 2.18. The van der Waals surface area contributed by atoms with Gasteiger partial charge in [-0.15, -0.1) is 0 Å². The van der Waals surface area contributed by atoms with Crippen molar-refractivity contribution in [1.29, 1.82) is 0 Å². The summed E-state index contributed by atoms with van der Waals surface area (Å²) in [6, 6.07) is 1.39. The van der Waals surface area contributed by atoms with Crippen LogP contribution in [0.25, 0.3) is 0 Å². The topological polar surface area (TPSA) is 70.2 Å². The second kappa shape index (κ2) is 2.73. The van der Waals surface area contributed by atoms with Gasteiger partial charge in [0, 0.05) is 18.0 Å². The fraction of sp³-hybridized carbons (Fsp3) is 0.333. The highest BCUT2D eigenvalue weighted by atomic mass is 16.4. The van der Waals surface area contributed by atoms with Gasteiger partial charge in [0.15, 0.2) is 5.43 Å². The average molecular weight is 179 g/mol. The molecule has 0 amide bonds. The zero-order valence-corrected chi connectivity index (χ0v) is 6.91. The smallest absolute Gasteiger partial charge is 0.341 e. The lowest BCUT2D eigenvalue weighted by atomic mass is 10.2. The quantitative estimate of drug-likeness (QED) is 0.710. The molecule has 0 saturated heterocycles. The fourth-order valence-corrected chi connectivity index (χ4v) is 1.28. The Kier molecular flexibility index (Phi) is 1.69. The van der Waals surface area contributed by atoms with Crippen LogP contribution < -0.4 is 5.43 Å². The molecule has 1 aromatic heterocycles. The molecule has 0 spiro atoms. The van der Waals surface area contributed by atoms with Crippen molar-refractivity contribution >= 4 is 5.97 Å². The minimum absolute atomic E-state index is 0.190. The van der Waals surface area contributed by atoms with Crippen LogP contribution in [0.2, 0.25) is 0 Å². The van der Waals surface area contributed by atoms with Crippen molar-refractivity contribution in [2.75, 3.05) is 0 Å². The van der Waals surface area contributed by atoms with Gasteiger partial charge in [-0.1, -0.05) is 0 Å². The first kappa shape index (κ1) is 8.04. The summed E-state index contributed by atoms with van der Waals surface area (Å²) in [5.41, 5.74) is 0.257. The summed E-state index contributed by atoms with van der Waals surface area (Å²) >= 11 is 0. The van der Waals surface area contributed by atoms with E-state index in [0.717, 1.165) is 18.5 Å². The molecule has 13 heavy (non-hydrogen) atoms. The third-order valence-corrected chi connectivity index (χ3v) is 2.18. The molecule has 1 aliphatic rings. The number of hydrogen-bond acceptors (Lipinski definition) is 2. The largest absolute Gasteiger partial charge is 0.477 e. The number of carbonyl (C=O) groups is 1. The second-order valence-electron chi connectivity index (χ2n) is 3.25. The van der Waals surface area contributed by atoms with Crippen molar-refractivity contribution in [2.45, 2.75) is 18.8 Å². The monoisotopic (exact) mass is 179 g/mol. The van der Waals surface area contributed by atoms with E-state index in [4.69, 9.17) is 5.11 Å². The first-order valence-electron chi connectivity index (χ1n) is 4.14. The maximum Gasteiger partial charge on any atom is 0.341 e. The molecule has 1 heterocycles. The number of carboxylic acid groups (broad SMARTS) is 1. The van der Waals surface area contributed by atoms with E-state index in [2.05, 4.69) is 4.98 Å². The molecule has 1 fully saturated rings. The molecule has 4 heteroatoms. The Labute approximate surface area is 74.2 Å². The second-order valence-corrected chi connectivity index (χ2v) is 3.25. The summed E-state index contributed by atoms with van der Waals surface area (Å²) in [5.74, 6) is -0.737. The molecule has 0 aromatic carbocycles. The van der Waals surface area contributed by atoms with Crippen molar-refractivity contribution in [1.82, 2.24) is 4.98 Å². The number of carboxylic acids is 1. The fourth-order valence-electron chi connectivity index (χ4n) is 1.28. The number of H-pyrrole nitrogens is 1. The zero-order chi connectivity index (χ0) is 9.42. The van der Waals surface area contributed by atoms with Crippen LogP contribution >= 0.6 is 0 Å². The maximum atomic E-state index is 11.2. The van der Waals surface area contributed by atoms with E-state index < -0.39 is 11.4 Å². The Hall–Kier alpha value is -1.58. The van der Waals surface area contributed by atoms with Crippen molar-refractivity contribution in [3.8, 4) is 0 Å². The van der Waals surface area contributed by atoms with Gasteiger partial charge in [-0.05, 0) is 18.8 Å². The van der Waals surface area contributed by atoms with Crippen molar-refractivity contribution < 1.29 is 9.90 Å². The Morgan fingerprint density at radius 3 is 2.69 bits per heavy atom. The van der Waals surface area contributed by atoms with Crippen LogP contribution in [-0.4, -0.2) is 16.1 Å². The van der Waals surface area contributed by atoms with E-state index >= 15 is 0 Å². The molecular weight excluding hydrogens is 170 g/mol. The molecule has 2 rings (SSSR count). The first-order chi connectivity index (χ1) is 6.18. The summed E-state index contributed by atoms with van der Waals surface area (Å²) in [5, 5.41) is 8.59. The maximum absolute atomic E-state index is 11.2. The van der Waals surface area contributed by atoms with Crippen molar-refractivity contribution in [2.24, 2.45) is 0 Å². The Morgan fingerprint density at radius 2 is 2.23 bits per heavy atom. The average Bonchev–Trinajstić information content (AvgIpc) is 2.85. The first-order valence-corrected chi connectivity index (χ1v) is 4.14. The molecule has 0 unspecified atom stereocenters. The number of aromatic carboxylic acids is 1. The minimum atomic E-state index is -1.18.